The Balaban J connectivity index is 2.50. The lowest BCUT2D eigenvalue weighted by Gasteiger charge is -2.08. The second kappa shape index (κ2) is 8.14. The zero-order chi connectivity index (χ0) is 16.5. The van der Waals surface area contributed by atoms with E-state index in [1.165, 1.54) is 6.07 Å². The highest BCUT2D eigenvalue weighted by Gasteiger charge is 2.12. The molecule has 1 amide bonds. The Hall–Kier alpha value is -3.24. The summed E-state index contributed by atoms with van der Waals surface area (Å²) < 4.78 is 5.06. The van der Waals surface area contributed by atoms with Gasteiger partial charge in [-0.1, -0.05) is 0 Å². The van der Waals surface area contributed by atoms with Crippen LogP contribution in [0.4, 0.5) is 5.69 Å². The van der Waals surface area contributed by atoms with Gasteiger partial charge in [0.25, 0.3) is 16.7 Å². The Morgan fingerprint density at radius 2 is 2.05 bits per heavy atom. The second-order valence-electron chi connectivity index (χ2n) is 3.79. The molecular weight excluding hydrogens is 302 g/mol. The number of non-ortho nitro benzene ring substituents is 1. The molecule has 0 radical (unpaired) electrons. The molecule has 0 aliphatic heterocycles. The third-order valence-corrected chi connectivity index (χ3v) is 2.31. The summed E-state index contributed by atoms with van der Waals surface area (Å²) in [6.45, 7) is -0.864. The van der Waals surface area contributed by atoms with Gasteiger partial charge in [-0.2, -0.15) is 0 Å². The molecule has 1 N–H and O–H groups in total. The minimum Gasteiger partial charge on any atom is -0.483 e. The lowest BCUT2D eigenvalue weighted by Crippen LogP contribution is -2.32. The minimum atomic E-state index is -0.990. The van der Waals surface area contributed by atoms with E-state index >= 15 is 0 Å². The van der Waals surface area contributed by atoms with Gasteiger partial charge < -0.3 is 14.9 Å². The highest BCUT2D eigenvalue weighted by molar-refractivity contribution is 5.81. The van der Waals surface area contributed by atoms with Crippen LogP contribution >= 0.6 is 0 Å². The van der Waals surface area contributed by atoms with E-state index in [0.29, 0.717) is 6.29 Å². The third kappa shape index (κ3) is 5.40. The van der Waals surface area contributed by atoms with Crippen molar-refractivity contribution in [2.24, 2.45) is 0 Å². The fourth-order valence-corrected chi connectivity index (χ4v) is 1.38. The van der Waals surface area contributed by atoms with Crippen molar-refractivity contribution in [1.29, 1.82) is 0 Å². The van der Waals surface area contributed by atoms with Gasteiger partial charge in [-0.05, 0) is 6.07 Å². The van der Waals surface area contributed by atoms with Gasteiger partial charge in [-0.15, -0.1) is 10.1 Å². The molecule has 22 heavy (non-hydrogen) atoms. The molecule has 0 aliphatic carbocycles. The number of nitro groups is 1. The summed E-state index contributed by atoms with van der Waals surface area (Å²) in [6, 6.07) is 3.35. The van der Waals surface area contributed by atoms with Gasteiger partial charge in [0.15, 0.2) is 12.9 Å². The SMILES string of the molecule is O=Cc1cc([N+](=O)[O-])ccc1OCC(=O)NCCO[N+](=O)[O-]. The standard InChI is InChI=1S/C11H11N3O8/c15-6-8-5-9(13(17)18)1-2-10(8)21-7-11(16)12-3-4-22-14(19)20/h1-2,5-6H,3-4,7H2,(H,12,16). The number of hydrogen-bond donors (Lipinski definition) is 1. The fraction of sp³-hybridized carbons (Fsp3) is 0.273. The predicted molar refractivity (Wildman–Crippen MR) is 69.9 cm³/mol. The van der Waals surface area contributed by atoms with Crippen molar-refractivity contribution >= 4 is 17.9 Å². The molecule has 118 valence electrons. The molecule has 0 aliphatic rings. The van der Waals surface area contributed by atoms with Gasteiger partial charge in [0, 0.05) is 18.7 Å². The Morgan fingerprint density at radius 1 is 1.32 bits per heavy atom. The largest absolute Gasteiger partial charge is 0.483 e. The van der Waals surface area contributed by atoms with Gasteiger partial charge in [-0.25, -0.2) is 0 Å². The molecule has 1 aromatic rings. The summed E-state index contributed by atoms with van der Waals surface area (Å²) in [5, 5.41) is 21.7. The van der Waals surface area contributed by atoms with Gasteiger partial charge in [-0.3, -0.25) is 19.7 Å². The number of nitro benzene ring substituents is 1. The summed E-state index contributed by atoms with van der Waals surface area (Å²) in [5.74, 6) is -0.584. The van der Waals surface area contributed by atoms with Crippen LogP contribution in [0.2, 0.25) is 0 Å². The Labute approximate surface area is 123 Å². The monoisotopic (exact) mass is 313 g/mol. The lowest BCUT2D eigenvalue weighted by atomic mass is 10.2. The molecule has 0 heterocycles. The average molecular weight is 313 g/mol. The number of rotatable bonds is 9. The van der Waals surface area contributed by atoms with Crippen molar-refractivity contribution < 1.29 is 29.2 Å². The number of carbonyl (C=O) groups excluding carboxylic acids is 2. The van der Waals surface area contributed by atoms with Gasteiger partial charge in [0.1, 0.15) is 12.4 Å². The first kappa shape index (κ1) is 16.8. The molecule has 0 saturated heterocycles. The van der Waals surface area contributed by atoms with Crippen LogP contribution in [0.5, 0.6) is 5.75 Å². The van der Waals surface area contributed by atoms with Crippen LogP contribution in [-0.4, -0.2) is 42.0 Å². The van der Waals surface area contributed by atoms with Crippen molar-refractivity contribution in [3.05, 3.63) is 44.0 Å². The quantitative estimate of drug-likeness (QED) is 0.292. The van der Waals surface area contributed by atoms with Crippen LogP contribution in [-0.2, 0) is 9.63 Å². The highest BCUT2D eigenvalue weighted by Crippen LogP contribution is 2.22. The smallest absolute Gasteiger partial charge is 0.294 e. The minimum absolute atomic E-state index is 0.0114. The van der Waals surface area contributed by atoms with E-state index in [2.05, 4.69) is 10.2 Å². The van der Waals surface area contributed by atoms with Crippen molar-refractivity contribution in [2.75, 3.05) is 19.8 Å². The predicted octanol–water partition coefficient (Wildman–Crippen LogP) is 0.111. The van der Waals surface area contributed by atoms with E-state index in [1.807, 2.05) is 0 Å². The van der Waals surface area contributed by atoms with Gasteiger partial charge in [0.2, 0.25) is 0 Å². The van der Waals surface area contributed by atoms with E-state index < -0.39 is 22.5 Å². The van der Waals surface area contributed by atoms with E-state index in [0.717, 1.165) is 12.1 Å². The summed E-state index contributed by atoms with van der Waals surface area (Å²) in [5.41, 5.74) is -0.352. The Morgan fingerprint density at radius 3 is 2.64 bits per heavy atom. The third-order valence-electron chi connectivity index (χ3n) is 2.31. The molecule has 0 unspecified atom stereocenters. The number of aldehydes is 1. The van der Waals surface area contributed by atoms with E-state index in [1.54, 1.807) is 0 Å². The number of nitrogens with zero attached hydrogens (tertiary/aromatic N) is 2. The van der Waals surface area contributed by atoms with Crippen molar-refractivity contribution in [1.82, 2.24) is 5.32 Å². The first-order valence-electron chi connectivity index (χ1n) is 5.84. The maximum Gasteiger partial charge on any atom is 0.294 e. The fourth-order valence-electron chi connectivity index (χ4n) is 1.38. The second-order valence-corrected chi connectivity index (χ2v) is 3.79. The average Bonchev–Trinajstić information content (AvgIpc) is 2.49. The zero-order valence-corrected chi connectivity index (χ0v) is 11.1. The molecule has 0 aromatic heterocycles. The number of amides is 1. The first-order chi connectivity index (χ1) is 10.4. The summed E-state index contributed by atoms with van der Waals surface area (Å²) in [7, 11) is 0. The number of hydrogen-bond acceptors (Lipinski definition) is 8. The molecule has 0 saturated carbocycles. The van der Waals surface area contributed by atoms with Gasteiger partial charge >= 0.3 is 0 Å². The normalized spacial score (nSPS) is 9.64. The number of benzene rings is 1. The summed E-state index contributed by atoms with van der Waals surface area (Å²) in [6.07, 6.45) is 0.366. The van der Waals surface area contributed by atoms with Gasteiger partial charge in [0.05, 0.1) is 10.5 Å². The highest BCUT2D eigenvalue weighted by atomic mass is 16.9. The molecule has 1 rings (SSSR count). The van der Waals surface area contributed by atoms with Crippen LogP contribution in [0.1, 0.15) is 10.4 Å². The molecule has 1 aromatic carbocycles. The van der Waals surface area contributed by atoms with Crippen LogP contribution < -0.4 is 10.1 Å². The zero-order valence-electron chi connectivity index (χ0n) is 11.1. The molecule has 11 heteroatoms. The Bertz CT molecular complexity index is 589. The molecule has 11 nitrogen and oxygen atoms in total. The van der Waals surface area contributed by atoms with E-state index in [9.17, 15) is 29.8 Å². The van der Waals surface area contributed by atoms with E-state index in [4.69, 9.17) is 4.74 Å². The van der Waals surface area contributed by atoms with Crippen LogP contribution in [0.25, 0.3) is 0 Å². The molecule has 0 atom stereocenters. The molecule has 0 bridgehead atoms. The van der Waals surface area contributed by atoms with Crippen LogP contribution in [0.15, 0.2) is 18.2 Å². The van der Waals surface area contributed by atoms with Crippen molar-refractivity contribution in [3.8, 4) is 5.75 Å². The molecular formula is C11H11N3O8. The maximum atomic E-state index is 11.4. The molecule has 0 fully saturated rings. The van der Waals surface area contributed by atoms with E-state index in [-0.39, 0.29) is 30.2 Å². The summed E-state index contributed by atoms with van der Waals surface area (Å²) in [4.78, 5) is 46.0. The van der Waals surface area contributed by atoms with Crippen LogP contribution in [0.3, 0.4) is 0 Å². The number of carbonyl (C=O) groups is 2. The van der Waals surface area contributed by atoms with Crippen LogP contribution in [0, 0.1) is 20.2 Å². The Kier molecular flexibility index (Phi) is 6.22. The first-order valence-corrected chi connectivity index (χ1v) is 5.84. The lowest BCUT2D eigenvalue weighted by molar-refractivity contribution is -0.757. The maximum absolute atomic E-state index is 11.4. The summed E-state index contributed by atoms with van der Waals surface area (Å²) >= 11 is 0. The van der Waals surface area contributed by atoms with Crippen molar-refractivity contribution in [2.45, 2.75) is 0 Å². The topological polar surface area (TPSA) is 151 Å². The number of nitrogens with one attached hydrogen (secondary N) is 1. The molecule has 0 spiro atoms. The number of ether oxygens (including phenoxy) is 1. The van der Waals surface area contributed by atoms with Crippen molar-refractivity contribution in [3.63, 3.8) is 0 Å².